The van der Waals surface area contributed by atoms with Crippen LogP contribution in [0.2, 0.25) is 5.02 Å². The lowest BCUT2D eigenvalue weighted by molar-refractivity contribution is 0.104. The van der Waals surface area contributed by atoms with Gasteiger partial charge in [-0.2, -0.15) is 0 Å². The maximum atomic E-state index is 12.3. The number of benzene rings is 2. The Morgan fingerprint density at radius 2 is 1.79 bits per heavy atom. The number of carbonyl (C=O) groups is 1. The summed E-state index contributed by atoms with van der Waals surface area (Å²) in [5.74, 6) is 2.22. The number of allylic oxidation sites excluding steroid dienone is 1. The summed E-state index contributed by atoms with van der Waals surface area (Å²) < 4.78 is 21.5. The van der Waals surface area contributed by atoms with E-state index in [4.69, 9.17) is 30.5 Å². The molecule has 0 spiro atoms. The van der Waals surface area contributed by atoms with Crippen molar-refractivity contribution in [2.24, 2.45) is 0 Å². The second-order valence-electron chi connectivity index (χ2n) is 5.29. The average molecular weight is 345 g/mol. The summed E-state index contributed by atoms with van der Waals surface area (Å²) >= 11 is 6.19. The Morgan fingerprint density at radius 1 is 0.958 bits per heavy atom. The molecule has 2 aromatic rings. The van der Waals surface area contributed by atoms with Gasteiger partial charge in [0.05, 0.1) is 5.02 Å². The highest BCUT2D eigenvalue weighted by Crippen LogP contribution is 2.38. The Morgan fingerprint density at radius 3 is 2.71 bits per heavy atom. The SMILES string of the molecule is O=C(C=Cc1cc(Cl)c2c(c1)OCCO2)c1ccc2c(c1)OCO2. The fraction of sp³-hybridized carbons (Fsp3) is 0.167. The molecule has 0 atom stereocenters. The van der Waals surface area contributed by atoms with E-state index >= 15 is 0 Å². The van der Waals surface area contributed by atoms with Crippen molar-refractivity contribution in [3.8, 4) is 23.0 Å². The van der Waals surface area contributed by atoms with Crippen LogP contribution in [-0.2, 0) is 0 Å². The van der Waals surface area contributed by atoms with Crippen molar-refractivity contribution in [2.45, 2.75) is 0 Å². The molecule has 0 N–H and O–H groups in total. The molecular weight excluding hydrogens is 332 g/mol. The molecule has 0 aliphatic carbocycles. The summed E-state index contributed by atoms with van der Waals surface area (Å²) in [6.45, 7) is 1.13. The summed E-state index contributed by atoms with van der Waals surface area (Å²) in [6.07, 6.45) is 3.18. The van der Waals surface area contributed by atoms with Crippen LogP contribution in [0.5, 0.6) is 23.0 Å². The van der Waals surface area contributed by atoms with Crippen LogP contribution in [-0.4, -0.2) is 25.8 Å². The molecule has 0 aromatic heterocycles. The highest BCUT2D eigenvalue weighted by atomic mass is 35.5. The first-order valence-electron chi connectivity index (χ1n) is 7.42. The summed E-state index contributed by atoms with van der Waals surface area (Å²) in [5, 5.41) is 0.461. The topological polar surface area (TPSA) is 54.0 Å². The van der Waals surface area contributed by atoms with Crippen LogP contribution in [0.25, 0.3) is 6.08 Å². The fourth-order valence-electron chi connectivity index (χ4n) is 2.54. The van der Waals surface area contributed by atoms with Crippen molar-refractivity contribution < 1.29 is 23.7 Å². The third-order valence-electron chi connectivity index (χ3n) is 3.70. The van der Waals surface area contributed by atoms with Gasteiger partial charge in [0.2, 0.25) is 6.79 Å². The van der Waals surface area contributed by atoms with Crippen LogP contribution in [0.1, 0.15) is 15.9 Å². The van der Waals surface area contributed by atoms with Crippen LogP contribution in [0.4, 0.5) is 0 Å². The van der Waals surface area contributed by atoms with Gasteiger partial charge >= 0.3 is 0 Å². The Labute approximate surface area is 143 Å². The molecule has 0 fully saturated rings. The van der Waals surface area contributed by atoms with Crippen molar-refractivity contribution in [2.75, 3.05) is 20.0 Å². The van der Waals surface area contributed by atoms with Gasteiger partial charge in [-0.1, -0.05) is 17.7 Å². The monoisotopic (exact) mass is 344 g/mol. The molecule has 2 aromatic carbocycles. The minimum absolute atomic E-state index is 0.140. The molecular formula is C18H13ClO5. The molecule has 122 valence electrons. The van der Waals surface area contributed by atoms with E-state index in [-0.39, 0.29) is 12.6 Å². The molecule has 0 radical (unpaired) electrons. The van der Waals surface area contributed by atoms with E-state index in [9.17, 15) is 4.79 Å². The number of ether oxygens (including phenoxy) is 4. The number of carbonyl (C=O) groups excluding carboxylic acids is 1. The number of hydrogen-bond donors (Lipinski definition) is 0. The van der Waals surface area contributed by atoms with Crippen molar-refractivity contribution in [1.29, 1.82) is 0 Å². The molecule has 5 nitrogen and oxygen atoms in total. The van der Waals surface area contributed by atoms with Gasteiger partial charge in [0, 0.05) is 5.56 Å². The molecule has 0 bridgehead atoms. The zero-order valence-electron chi connectivity index (χ0n) is 12.6. The molecule has 0 saturated heterocycles. The molecule has 2 heterocycles. The number of ketones is 1. The van der Waals surface area contributed by atoms with Gasteiger partial charge in [0.15, 0.2) is 28.8 Å². The summed E-state index contributed by atoms with van der Waals surface area (Å²) in [4.78, 5) is 12.3. The first kappa shape index (κ1) is 14.9. The van der Waals surface area contributed by atoms with E-state index in [1.54, 1.807) is 36.4 Å². The summed E-state index contributed by atoms with van der Waals surface area (Å²) in [6, 6.07) is 8.63. The Hall–Kier alpha value is -2.66. The van der Waals surface area contributed by atoms with Crippen LogP contribution in [0, 0.1) is 0 Å². The lowest BCUT2D eigenvalue weighted by Crippen LogP contribution is -2.15. The number of hydrogen-bond acceptors (Lipinski definition) is 5. The van der Waals surface area contributed by atoms with Crippen LogP contribution in [0.3, 0.4) is 0 Å². The first-order valence-corrected chi connectivity index (χ1v) is 7.80. The van der Waals surface area contributed by atoms with Gasteiger partial charge in [-0.3, -0.25) is 4.79 Å². The normalized spacial score (nSPS) is 14.9. The molecule has 2 aliphatic rings. The largest absolute Gasteiger partial charge is 0.486 e. The maximum absolute atomic E-state index is 12.3. The number of halogens is 1. The third kappa shape index (κ3) is 2.78. The van der Waals surface area contributed by atoms with E-state index in [1.807, 2.05) is 0 Å². The standard InChI is InChI=1S/C18H13ClO5/c19-13-7-11(8-17-18(13)22-6-5-21-17)1-3-14(20)12-2-4-15-16(9-12)24-10-23-15/h1-4,7-9H,5-6,10H2. The fourth-order valence-corrected chi connectivity index (χ4v) is 2.82. The highest BCUT2D eigenvalue weighted by Gasteiger charge is 2.17. The molecule has 6 heteroatoms. The zero-order valence-corrected chi connectivity index (χ0v) is 13.3. The molecule has 0 amide bonds. The van der Waals surface area contributed by atoms with Crippen LogP contribution < -0.4 is 18.9 Å². The zero-order chi connectivity index (χ0) is 16.5. The smallest absolute Gasteiger partial charge is 0.231 e. The van der Waals surface area contributed by atoms with E-state index in [0.29, 0.717) is 46.8 Å². The number of rotatable bonds is 3. The van der Waals surface area contributed by atoms with Crippen LogP contribution in [0.15, 0.2) is 36.4 Å². The van der Waals surface area contributed by atoms with Crippen LogP contribution >= 0.6 is 11.6 Å². The predicted octanol–water partition coefficient (Wildman–Crippen LogP) is 3.74. The third-order valence-corrected chi connectivity index (χ3v) is 3.98. The predicted molar refractivity (Wildman–Crippen MR) is 88.4 cm³/mol. The average Bonchev–Trinajstić information content (AvgIpc) is 3.07. The summed E-state index contributed by atoms with van der Waals surface area (Å²) in [7, 11) is 0. The lowest BCUT2D eigenvalue weighted by Gasteiger charge is -2.19. The minimum Gasteiger partial charge on any atom is -0.486 e. The van der Waals surface area contributed by atoms with Gasteiger partial charge in [0.1, 0.15) is 13.2 Å². The molecule has 0 saturated carbocycles. The van der Waals surface area contributed by atoms with Crippen molar-refractivity contribution in [3.63, 3.8) is 0 Å². The molecule has 4 rings (SSSR count). The number of fused-ring (bicyclic) bond motifs is 2. The highest BCUT2D eigenvalue weighted by molar-refractivity contribution is 6.32. The Bertz CT molecular complexity index is 844. The van der Waals surface area contributed by atoms with Gasteiger partial charge in [0.25, 0.3) is 0 Å². The second-order valence-corrected chi connectivity index (χ2v) is 5.70. The molecule has 0 unspecified atom stereocenters. The maximum Gasteiger partial charge on any atom is 0.231 e. The van der Waals surface area contributed by atoms with Gasteiger partial charge in [-0.15, -0.1) is 0 Å². The van der Waals surface area contributed by atoms with Crippen molar-refractivity contribution in [1.82, 2.24) is 0 Å². The van der Waals surface area contributed by atoms with E-state index in [2.05, 4.69) is 0 Å². The first-order chi connectivity index (χ1) is 11.7. The summed E-state index contributed by atoms with van der Waals surface area (Å²) in [5.41, 5.74) is 1.29. The van der Waals surface area contributed by atoms with Crippen molar-refractivity contribution in [3.05, 3.63) is 52.6 Å². The van der Waals surface area contributed by atoms with Gasteiger partial charge < -0.3 is 18.9 Å². The van der Waals surface area contributed by atoms with E-state index in [1.165, 1.54) is 6.08 Å². The van der Waals surface area contributed by atoms with Gasteiger partial charge in [-0.25, -0.2) is 0 Å². The van der Waals surface area contributed by atoms with Crippen molar-refractivity contribution >= 4 is 23.5 Å². The second kappa shape index (κ2) is 6.09. The molecule has 24 heavy (non-hydrogen) atoms. The Kier molecular flexibility index (Phi) is 3.78. The van der Waals surface area contributed by atoms with E-state index in [0.717, 1.165) is 5.56 Å². The Balaban J connectivity index is 1.56. The van der Waals surface area contributed by atoms with E-state index < -0.39 is 0 Å². The molecule has 2 aliphatic heterocycles. The lowest BCUT2D eigenvalue weighted by atomic mass is 10.1. The van der Waals surface area contributed by atoms with Gasteiger partial charge in [-0.05, 0) is 42.0 Å². The minimum atomic E-state index is -0.140. The quantitative estimate of drug-likeness (QED) is 0.627.